The SMILES string of the molecule is COc1nc(Cl)c(C)c(OCc2ccc(C(F)(F)F)cc2)n1. The molecule has 118 valence electrons. The van der Waals surface area contributed by atoms with Crippen LogP contribution in [0.3, 0.4) is 0 Å². The Morgan fingerprint density at radius 2 is 1.77 bits per heavy atom. The Morgan fingerprint density at radius 3 is 2.32 bits per heavy atom. The maximum Gasteiger partial charge on any atom is 0.416 e. The average molecular weight is 333 g/mol. The summed E-state index contributed by atoms with van der Waals surface area (Å²) in [5, 5.41) is 0.189. The summed E-state index contributed by atoms with van der Waals surface area (Å²) < 4.78 is 47.8. The zero-order chi connectivity index (χ0) is 16.3. The van der Waals surface area contributed by atoms with Crippen molar-refractivity contribution in [3.8, 4) is 11.9 Å². The highest BCUT2D eigenvalue weighted by Gasteiger charge is 2.29. The summed E-state index contributed by atoms with van der Waals surface area (Å²) in [7, 11) is 1.39. The quantitative estimate of drug-likeness (QED) is 0.792. The Labute approximate surface area is 129 Å². The molecule has 0 radical (unpaired) electrons. The fourth-order valence-electron chi connectivity index (χ4n) is 1.63. The first-order valence-electron chi connectivity index (χ1n) is 6.18. The Kier molecular flexibility index (Phi) is 4.75. The molecule has 22 heavy (non-hydrogen) atoms. The lowest BCUT2D eigenvalue weighted by Gasteiger charge is -2.11. The van der Waals surface area contributed by atoms with Crippen LogP contribution >= 0.6 is 11.6 Å². The number of alkyl halides is 3. The highest BCUT2D eigenvalue weighted by molar-refractivity contribution is 6.30. The van der Waals surface area contributed by atoms with E-state index in [1.54, 1.807) is 6.92 Å². The third-order valence-corrected chi connectivity index (χ3v) is 3.23. The van der Waals surface area contributed by atoms with Crippen molar-refractivity contribution < 1.29 is 22.6 Å². The Bertz CT molecular complexity index is 660. The molecule has 0 fully saturated rings. The van der Waals surface area contributed by atoms with Crippen LogP contribution in [0.2, 0.25) is 5.15 Å². The predicted octanol–water partition coefficient (Wildman–Crippen LogP) is 4.04. The summed E-state index contributed by atoms with van der Waals surface area (Å²) in [6, 6.07) is 4.74. The van der Waals surface area contributed by atoms with Gasteiger partial charge in [0.1, 0.15) is 11.8 Å². The second kappa shape index (κ2) is 6.39. The molecule has 0 aliphatic heterocycles. The fraction of sp³-hybridized carbons (Fsp3) is 0.286. The summed E-state index contributed by atoms with van der Waals surface area (Å²) in [6.07, 6.45) is -4.36. The first kappa shape index (κ1) is 16.4. The zero-order valence-electron chi connectivity index (χ0n) is 11.7. The minimum atomic E-state index is -4.36. The van der Waals surface area contributed by atoms with Gasteiger partial charge in [0.2, 0.25) is 5.88 Å². The van der Waals surface area contributed by atoms with E-state index in [1.165, 1.54) is 19.2 Å². The van der Waals surface area contributed by atoms with Crippen molar-refractivity contribution in [1.82, 2.24) is 9.97 Å². The van der Waals surface area contributed by atoms with Gasteiger partial charge < -0.3 is 9.47 Å². The van der Waals surface area contributed by atoms with Gasteiger partial charge in [-0.05, 0) is 24.6 Å². The molecule has 0 spiro atoms. The molecule has 2 aromatic rings. The maximum absolute atomic E-state index is 12.5. The molecular weight excluding hydrogens is 321 g/mol. The van der Waals surface area contributed by atoms with E-state index in [9.17, 15) is 13.2 Å². The van der Waals surface area contributed by atoms with Gasteiger partial charge in [-0.3, -0.25) is 0 Å². The van der Waals surface area contributed by atoms with E-state index in [0.717, 1.165) is 12.1 Å². The van der Waals surface area contributed by atoms with Gasteiger partial charge in [-0.25, -0.2) is 0 Å². The van der Waals surface area contributed by atoms with Crippen molar-refractivity contribution in [2.75, 3.05) is 7.11 Å². The standard InChI is InChI=1S/C14H12ClF3N2O2/c1-8-11(15)19-13(21-2)20-12(8)22-7-9-3-5-10(6-4-9)14(16,17)18/h3-6H,7H2,1-2H3. The molecule has 0 atom stereocenters. The van der Waals surface area contributed by atoms with Crippen LogP contribution in [0.1, 0.15) is 16.7 Å². The average Bonchev–Trinajstić information content (AvgIpc) is 2.48. The van der Waals surface area contributed by atoms with Crippen LogP contribution in [-0.4, -0.2) is 17.1 Å². The highest BCUT2D eigenvalue weighted by Crippen LogP contribution is 2.29. The third kappa shape index (κ3) is 3.79. The van der Waals surface area contributed by atoms with E-state index >= 15 is 0 Å². The van der Waals surface area contributed by atoms with E-state index in [1.807, 2.05) is 0 Å². The monoisotopic (exact) mass is 332 g/mol. The van der Waals surface area contributed by atoms with Crippen LogP contribution in [0.4, 0.5) is 13.2 Å². The number of hydrogen-bond acceptors (Lipinski definition) is 4. The summed E-state index contributed by atoms with van der Waals surface area (Å²) in [6.45, 7) is 1.72. The van der Waals surface area contributed by atoms with Crippen LogP contribution in [0.5, 0.6) is 11.9 Å². The lowest BCUT2D eigenvalue weighted by molar-refractivity contribution is -0.137. The van der Waals surface area contributed by atoms with Gasteiger partial charge in [-0.2, -0.15) is 23.1 Å². The number of benzene rings is 1. The zero-order valence-corrected chi connectivity index (χ0v) is 12.5. The largest absolute Gasteiger partial charge is 0.472 e. The lowest BCUT2D eigenvalue weighted by Crippen LogP contribution is -2.06. The van der Waals surface area contributed by atoms with Gasteiger partial charge in [0.15, 0.2) is 0 Å². The molecular formula is C14H12ClF3N2O2. The summed E-state index contributed by atoms with van der Waals surface area (Å²) in [5.74, 6) is 0.219. The van der Waals surface area contributed by atoms with E-state index in [0.29, 0.717) is 11.1 Å². The normalized spacial score (nSPS) is 11.4. The minimum absolute atomic E-state index is 0.0511. The number of nitrogens with zero attached hydrogens (tertiary/aromatic N) is 2. The molecule has 0 saturated heterocycles. The molecule has 8 heteroatoms. The van der Waals surface area contributed by atoms with Crippen molar-refractivity contribution in [2.45, 2.75) is 19.7 Å². The van der Waals surface area contributed by atoms with Gasteiger partial charge in [-0.15, -0.1) is 0 Å². The lowest BCUT2D eigenvalue weighted by atomic mass is 10.1. The molecule has 0 unspecified atom stereocenters. The summed E-state index contributed by atoms with van der Waals surface area (Å²) in [4.78, 5) is 7.88. The Morgan fingerprint density at radius 1 is 1.14 bits per heavy atom. The number of halogens is 4. The van der Waals surface area contributed by atoms with Gasteiger partial charge in [0.05, 0.1) is 12.7 Å². The van der Waals surface area contributed by atoms with Gasteiger partial charge in [0, 0.05) is 5.56 Å². The summed E-state index contributed by atoms with van der Waals surface area (Å²) >= 11 is 5.91. The van der Waals surface area contributed by atoms with Crippen LogP contribution in [0, 0.1) is 6.92 Å². The molecule has 4 nitrogen and oxygen atoms in total. The van der Waals surface area contributed by atoms with Crippen molar-refractivity contribution in [1.29, 1.82) is 0 Å². The van der Waals surface area contributed by atoms with E-state index in [4.69, 9.17) is 21.1 Å². The summed E-state index contributed by atoms with van der Waals surface area (Å²) in [5.41, 5.74) is 0.384. The topological polar surface area (TPSA) is 44.2 Å². The molecule has 1 heterocycles. The number of hydrogen-bond donors (Lipinski definition) is 0. The Hall–Kier alpha value is -2.02. The first-order valence-corrected chi connectivity index (χ1v) is 6.56. The third-order valence-electron chi connectivity index (χ3n) is 2.86. The van der Waals surface area contributed by atoms with Gasteiger partial charge in [-0.1, -0.05) is 23.7 Å². The van der Waals surface area contributed by atoms with E-state index in [-0.39, 0.29) is 23.7 Å². The second-order valence-corrected chi connectivity index (χ2v) is 4.77. The smallest absolute Gasteiger partial charge is 0.416 e. The Balaban J connectivity index is 2.12. The molecule has 1 aromatic carbocycles. The van der Waals surface area contributed by atoms with Crippen LogP contribution in [0.15, 0.2) is 24.3 Å². The van der Waals surface area contributed by atoms with Gasteiger partial charge in [0.25, 0.3) is 0 Å². The molecule has 1 aromatic heterocycles. The molecule has 0 N–H and O–H groups in total. The minimum Gasteiger partial charge on any atom is -0.472 e. The van der Waals surface area contributed by atoms with E-state index in [2.05, 4.69) is 9.97 Å². The van der Waals surface area contributed by atoms with E-state index < -0.39 is 11.7 Å². The van der Waals surface area contributed by atoms with Gasteiger partial charge >= 0.3 is 12.2 Å². The van der Waals surface area contributed by atoms with Crippen molar-refractivity contribution in [2.24, 2.45) is 0 Å². The number of rotatable bonds is 4. The molecule has 0 bridgehead atoms. The first-order chi connectivity index (χ1) is 10.3. The fourth-order valence-corrected chi connectivity index (χ4v) is 1.78. The highest BCUT2D eigenvalue weighted by atomic mass is 35.5. The molecule has 0 aliphatic carbocycles. The second-order valence-electron chi connectivity index (χ2n) is 4.41. The van der Waals surface area contributed by atoms with Crippen molar-refractivity contribution in [3.63, 3.8) is 0 Å². The predicted molar refractivity (Wildman–Crippen MR) is 74.1 cm³/mol. The van der Waals surface area contributed by atoms with Crippen molar-refractivity contribution in [3.05, 3.63) is 46.1 Å². The number of ether oxygens (including phenoxy) is 2. The van der Waals surface area contributed by atoms with Crippen molar-refractivity contribution >= 4 is 11.6 Å². The molecule has 2 rings (SSSR count). The molecule has 0 amide bonds. The van der Waals surface area contributed by atoms with Crippen LogP contribution < -0.4 is 9.47 Å². The number of aromatic nitrogens is 2. The number of methoxy groups -OCH3 is 1. The van der Waals surface area contributed by atoms with Crippen LogP contribution in [0.25, 0.3) is 0 Å². The van der Waals surface area contributed by atoms with Crippen LogP contribution in [-0.2, 0) is 12.8 Å². The molecule has 0 aliphatic rings. The molecule has 0 saturated carbocycles. The maximum atomic E-state index is 12.5.